The van der Waals surface area contributed by atoms with Gasteiger partial charge in [0.2, 0.25) is 5.91 Å². The monoisotopic (exact) mass is 452 g/mol. The first-order valence-electron chi connectivity index (χ1n) is 8.15. The highest BCUT2D eigenvalue weighted by atomic mass is 79.9. The molecule has 6 nitrogen and oxygen atoms in total. The summed E-state index contributed by atoms with van der Waals surface area (Å²) in [5.41, 5.74) is 1.39. The van der Waals surface area contributed by atoms with Crippen LogP contribution in [0, 0.1) is 0 Å². The first kappa shape index (κ1) is 20.9. The van der Waals surface area contributed by atoms with Crippen molar-refractivity contribution < 1.29 is 19.1 Å². The van der Waals surface area contributed by atoms with Crippen LogP contribution in [0.1, 0.15) is 18.4 Å². The molecule has 0 aliphatic heterocycles. The Morgan fingerprint density at radius 1 is 1.00 bits per heavy atom. The van der Waals surface area contributed by atoms with E-state index in [2.05, 4.69) is 26.6 Å². The average Bonchev–Trinajstić information content (AvgIpc) is 2.66. The van der Waals surface area contributed by atoms with E-state index in [0.717, 1.165) is 10.0 Å². The fraction of sp³-hybridized carbons (Fsp3) is 0.211. The lowest BCUT2D eigenvalue weighted by atomic mass is 10.2. The van der Waals surface area contributed by atoms with Crippen LogP contribution in [0.5, 0.6) is 0 Å². The molecule has 0 aromatic heterocycles. The minimum atomic E-state index is -0.623. The third-order valence-corrected chi connectivity index (χ3v) is 4.26. The van der Waals surface area contributed by atoms with Gasteiger partial charge in [0.1, 0.15) is 0 Å². The van der Waals surface area contributed by atoms with Gasteiger partial charge in [-0.25, -0.2) is 0 Å². The van der Waals surface area contributed by atoms with Crippen molar-refractivity contribution in [3.63, 3.8) is 0 Å². The summed E-state index contributed by atoms with van der Waals surface area (Å²) in [5, 5.41) is 5.63. The zero-order chi connectivity index (χ0) is 19.6. The highest BCUT2D eigenvalue weighted by Gasteiger charge is 2.12. The molecule has 2 N–H and O–H groups in total. The normalized spacial score (nSPS) is 10.1. The standard InChI is InChI=1S/C19H18BrClN2O4/c20-14-6-7-16(15(21)10-14)23-18(25)12-27-19(26)9-8-17(24)22-11-13-4-2-1-3-5-13/h1-7,10H,8-9,11-12H2,(H,22,24)(H,23,25). The molecule has 0 unspecified atom stereocenters. The van der Waals surface area contributed by atoms with E-state index in [1.54, 1.807) is 18.2 Å². The van der Waals surface area contributed by atoms with Gasteiger partial charge in [-0.05, 0) is 23.8 Å². The molecule has 142 valence electrons. The van der Waals surface area contributed by atoms with E-state index in [-0.39, 0.29) is 18.7 Å². The summed E-state index contributed by atoms with van der Waals surface area (Å²) in [6.45, 7) is -0.0536. The van der Waals surface area contributed by atoms with Gasteiger partial charge in [0.05, 0.1) is 17.1 Å². The highest BCUT2D eigenvalue weighted by molar-refractivity contribution is 9.10. The Morgan fingerprint density at radius 2 is 1.74 bits per heavy atom. The second-order valence-electron chi connectivity index (χ2n) is 5.60. The van der Waals surface area contributed by atoms with E-state index in [1.165, 1.54) is 0 Å². The number of benzene rings is 2. The number of carbonyl (C=O) groups is 3. The predicted octanol–water partition coefficient (Wildman–Crippen LogP) is 3.68. The van der Waals surface area contributed by atoms with Crippen molar-refractivity contribution in [3.8, 4) is 0 Å². The minimum absolute atomic E-state index is 0.00811. The Bertz CT molecular complexity index is 815. The maximum Gasteiger partial charge on any atom is 0.306 e. The predicted molar refractivity (Wildman–Crippen MR) is 106 cm³/mol. The van der Waals surface area contributed by atoms with E-state index in [1.807, 2.05) is 30.3 Å². The summed E-state index contributed by atoms with van der Waals surface area (Å²) in [4.78, 5) is 35.2. The van der Waals surface area contributed by atoms with Gasteiger partial charge >= 0.3 is 5.97 Å². The van der Waals surface area contributed by atoms with Gasteiger partial charge < -0.3 is 15.4 Å². The van der Waals surface area contributed by atoms with Crippen molar-refractivity contribution >= 4 is 51.0 Å². The number of nitrogens with one attached hydrogen (secondary N) is 2. The van der Waals surface area contributed by atoms with Crippen LogP contribution in [-0.4, -0.2) is 24.4 Å². The van der Waals surface area contributed by atoms with E-state index in [0.29, 0.717) is 17.3 Å². The molecule has 2 amide bonds. The van der Waals surface area contributed by atoms with Crippen molar-refractivity contribution in [2.45, 2.75) is 19.4 Å². The summed E-state index contributed by atoms with van der Waals surface area (Å²) in [6.07, 6.45) is -0.112. The van der Waals surface area contributed by atoms with Crippen molar-refractivity contribution in [2.24, 2.45) is 0 Å². The van der Waals surface area contributed by atoms with Crippen LogP contribution in [0.2, 0.25) is 5.02 Å². The minimum Gasteiger partial charge on any atom is -0.456 e. The SMILES string of the molecule is O=C(CCC(=O)OCC(=O)Nc1ccc(Br)cc1Cl)NCc1ccccc1. The van der Waals surface area contributed by atoms with Crippen molar-refractivity contribution in [2.75, 3.05) is 11.9 Å². The topological polar surface area (TPSA) is 84.5 Å². The number of carbonyl (C=O) groups excluding carboxylic acids is 3. The van der Waals surface area contributed by atoms with Gasteiger partial charge in [-0.1, -0.05) is 57.9 Å². The molecule has 0 aliphatic rings. The van der Waals surface area contributed by atoms with Crippen molar-refractivity contribution in [3.05, 3.63) is 63.6 Å². The Kier molecular flexibility index (Phi) is 8.29. The molecule has 2 aromatic carbocycles. The molecule has 0 saturated heterocycles. The molecule has 0 heterocycles. The molecule has 0 aliphatic carbocycles. The molecule has 0 radical (unpaired) electrons. The lowest BCUT2D eigenvalue weighted by Crippen LogP contribution is -2.25. The molecule has 0 atom stereocenters. The van der Waals surface area contributed by atoms with Gasteiger partial charge in [0.25, 0.3) is 5.91 Å². The molecule has 0 fully saturated rings. The number of hydrogen-bond acceptors (Lipinski definition) is 4. The third-order valence-electron chi connectivity index (χ3n) is 3.46. The Labute approximate surface area is 170 Å². The van der Waals surface area contributed by atoms with Crippen LogP contribution in [0.3, 0.4) is 0 Å². The molecule has 2 rings (SSSR count). The van der Waals surface area contributed by atoms with Crippen molar-refractivity contribution in [1.82, 2.24) is 5.32 Å². The highest BCUT2D eigenvalue weighted by Crippen LogP contribution is 2.25. The van der Waals surface area contributed by atoms with Crippen LogP contribution >= 0.6 is 27.5 Å². The smallest absolute Gasteiger partial charge is 0.306 e. The third kappa shape index (κ3) is 7.80. The van der Waals surface area contributed by atoms with E-state index in [4.69, 9.17) is 16.3 Å². The molecular weight excluding hydrogens is 436 g/mol. The lowest BCUT2D eigenvalue weighted by Gasteiger charge is -2.08. The summed E-state index contributed by atoms with van der Waals surface area (Å²) < 4.78 is 5.65. The summed E-state index contributed by atoms with van der Waals surface area (Å²) in [6, 6.07) is 14.4. The molecule has 0 bridgehead atoms. The number of rotatable bonds is 8. The summed E-state index contributed by atoms with van der Waals surface area (Å²) >= 11 is 9.26. The largest absolute Gasteiger partial charge is 0.456 e. The molecule has 0 spiro atoms. The van der Waals surface area contributed by atoms with Gasteiger partial charge in [-0.3, -0.25) is 14.4 Å². The first-order chi connectivity index (χ1) is 12.9. The van der Waals surface area contributed by atoms with Crippen LogP contribution in [0.25, 0.3) is 0 Å². The fourth-order valence-electron chi connectivity index (χ4n) is 2.10. The maximum absolute atomic E-state index is 11.8. The van der Waals surface area contributed by atoms with Crippen LogP contribution in [0.15, 0.2) is 53.0 Å². The zero-order valence-electron chi connectivity index (χ0n) is 14.3. The Hall–Kier alpha value is -2.38. The average molecular weight is 454 g/mol. The summed E-state index contributed by atoms with van der Waals surface area (Å²) in [5.74, 6) is -1.40. The van der Waals surface area contributed by atoms with E-state index in [9.17, 15) is 14.4 Å². The molecule has 8 heteroatoms. The van der Waals surface area contributed by atoms with Gasteiger partial charge in [0, 0.05) is 17.4 Å². The van der Waals surface area contributed by atoms with Crippen molar-refractivity contribution in [1.29, 1.82) is 0 Å². The fourth-order valence-corrected chi connectivity index (χ4v) is 2.82. The van der Waals surface area contributed by atoms with Gasteiger partial charge in [-0.15, -0.1) is 0 Å². The second kappa shape index (κ2) is 10.7. The van der Waals surface area contributed by atoms with Crippen LogP contribution < -0.4 is 10.6 Å². The number of anilines is 1. The molecule has 0 saturated carbocycles. The zero-order valence-corrected chi connectivity index (χ0v) is 16.7. The Balaban J connectivity index is 1.65. The second-order valence-corrected chi connectivity index (χ2v) is 6.92. The van der Waals surface area contributed by atoms with E-state index >= 15 is 0 Å². The number of esters is 1. The molecular formula is C19H18BrClN2O4. The number of ether oxygens (including phenoxy) is 1. The Morgan fingerprint density at radius 3 is 2.44 bits per heavy atom. The van der Waals surface area contributed by atoms with Crippen LogP contribution in [-0.2, 0) is 25.7 Å². The number of amides is 2. The maximum atomic E-state index is 11.8. The molecule has 27 heavy (non-hydrogen) atoms. The molecule has 2 aromatic rings. The number of hydrogen-bond donors (Lipinski definition) is 2. The lowest BCUT2D eigenvalue weighted by molar-refractivity contribution is -0.148. The van der Waals surface area contributed by atoms with Crippen LogP contribution in [0.4, 0.5) is 5.69 Å². The van der Waals surface area contributed by atoms with Gasteiger partial charge in [-0.2, -0.15) is 0 Å². The quantitative estimate of drug-likeness (QED) is 0.597. The first-order valence-corrected chi connectivity index (χ1v) is 9.32. The van der Waals surface area contributed by atoms with E-state index < -0.39 is 18.5 Å². The summed E-state index contributed by atoms with van der Waals surface area (Å²) in [7, 11) is 0. The number of halogens is 2. The van der Waals surface area contributed by atoms with Gasteiger partial charge in [0.15, 0.2) is 6.61 Å².